The highest BCUT2D eigenvalue weighted by molar-refractivity contribution is 7.15. The van der Waals surface area contributed by atoms with Crippen molar-refractivity contribution in [3.05, 3.63) is 9.47 Å². The van der Waals surface area contributed by atoms with Crippen LogP contribution in [0.1, 0.15) is 37.6 Å². The average molecular weight is 235 g/mol. The molecule has 1 aromatic rings. The summed E-state index contributed by atoms with van der Waals surface area (Å²) in [6.45, 7) is 3.54. The molecule has 14 heavy (non-hydrogen) atoms. The molecule has 3 nitrogen and oxygen atoms in total. The minimum atomic E-state index is 0.481. The van der Waals surface area contributed by atoms with Gasteiger partial charge in [0.2, 0.25) is 4.47 Å². The highest BCUT2D eigenvalue weighted by Gasteiger charge is 2.00. The van der Waals surface area contributed by atoms with Gasteiger partial charge >= 0.3 is 0 Å². The molecule has 0 N–H and O–H groups in total. The molecule has 80 valence electrons. The Morgan fingerprint density at radius 3 is 2.79 bits per heavy atom. The maximum atomic E-state index is 5.63. The minimum absolute atomic E-state index is 0.481. The van der Waals surface area contributed by atoms with Crippen LogP contribution in [0.15, 0.2) is 0 Å². The van der Waals surface area contributed by atoms with Gasteiger partial charge in [-0.25, -0.2) is 0 Å². The van der Waals surface area contributed by atoms with E-state index in [2.05, 4.69) is 17.1 Å². The smallest absolute Gasteiger partial charge is 0.207 e. The van der Waals surface area contributed by atoms with Gasteiger partial charge in [0.25, 0.3) is 0 Å². The van der Waals surface area contributed by atoms with Gasteiger partial charge in [-0.3, -0.25) is 0 Å². The normalized spacial score (nSPS) is 10.7. The summed E-state index contributed by atoms with van der Waals surface area (Å²) in [7, 11) is 0. The zero-order valence-electron chi connectivity index (χ0n) is 8.33. The quantitative estimate of drug-likeness (QED) is 0.679. The Labute approximate surface area is 93.5 Å². The Balaban J connectivity index is 1.99. The van der Waals surface area contributed by atoms with Gasteiger partial charge < -0.3 is 4.74 Å². The van der Waals surface area contributed by atoms with Gasteiger partial charge in [0.1, 0.15) is 11.6 Å². The maximum absolute atomic E-state index is 5.63. The van der Waals surface area contributed by atoms with E-state index in [0.29, 0.717) is 11.1 Å². The van der Waals surface area contributed by atoms with Crippen LogP contribution in [-0.2, 0) is 11.3 Å². The molecule has 0 unspecified atom stereocenters. The summed E-state index contributed by atoms with van der Waals surface area (Å²) in [6, 6.07) is 0. The van der Waals surface area contributed by atoms with E-state index in [-0.39, 0.29) is 0 Å². The van der Waals surface area contributed by atoms with Gasteiger partial charge in [-0.1, -0.05) is 37.5 Å². The third-order valence-corrected chi connectivity index (χ3v) is 2.80. The van der Waals surface area contributed by atoms with Crippen molar-refractivity contribution in [1.82, 2.24) is 10.2 Å². The lowest BCUT2D eigenvalue weighted by Gasteiger charge is -2.00. The van der Waals surface area contributed by atoms with Gasteiger partial charge in [0.15, 0.2) is 0 Å². The van der Waals surface area contributed by atoms with Crippen molar-refractivity contribution in [3.8, 4) is 0 Å². The SMILES string of the molecule is CCCCCCOCc1nnc(Cl)s1. The highest BCUT2D eigenvalue weighted by atomic mass is 35.5. The average Bonchev–Trinajstić information content (AvgIpc) is 2.58. The third-order valence-electron chi connectivity index (χ3n) is 1.81. The lowest BCUT2D eigenvalue weighted by Crippen LogP contribution is -1.95. The molecule has 0 radical (unpaired) electrons. The predicted molar refractivity (Wildman–Crippen MR) is 58.7 cm³/mol. The summed E-state index contributed by atoms with van der Waals surface area (Å²) in [6.07, 6.45) is 4.91. The molecule has 0 spiro atoms. The Morgan fingerprint density at radius 1 is 1.29 bits per heavy atom. The summed E-state index contributed by atoms with van der Waals surface area (Å²) in [5.74, 6) is 0. The highest BCUT2D eigenvalue weighted by Crippen LogP contribution is 2.15. The first-order chi connectivity index (χ1) is 6.83. The molecule has 0 fully saturated rings. The fourth-order valence-electron chi connectivity index (χ4n) is 1.08. The third kappa shape index (κ3) is 4.88. The van der Waals surface area contributed by atoms with Crippen molar-refractivity contribution in [3.63, 3.8) is 0 Å². The summed E-state index contributed by atoms with van der Waals surface area (Å²) < 4.78 is 5.91. The van der Waals surface area contributed by atoms with Gasteiger partial charge in [0, 0.05) is 6.61 Å². The molecule has 0 aromatic carbocycles. The summed E-state index contributed by atoms with van der Waals surface area (Å²) in [4.78, 5) is 0. The first-order valence-corrected chi connectivity index (χ1v) is 6.08. The van der Waals surface area contributed by atoms with Crippen molar-refractivity contribution < 1.29 is 4.74 Å². The van der Waals surface area contributed by atoms with Crippen LogP contribution in [0.3, 0.4) is 0 Å². The maximum Gasteiger partial charge on any atom is 0.207 e. The van der Waals surface area contributed by atoms with E-state index in [1.807, 2.05) is 0 Å². The van der Waals surface area contributed by atoms with Crippen molar-refractivity contribution in [2.24, 2.45) is 0 Å². The number of unbranched alkanes of at least 4 members (excludes halogenated alkanes) is 3. The number of ether oxygens (including phenoxy) is 1. The van der Waals surface area contributed by atoms with E-state index >= 15 is 0 Å². The summed E-state index contributed by atoms with van der Waals surface area (Å²) in [5, 5.41) is 8.41. The second kappa shape index (κ2) is 7.15. The molecule has 0 saturated carbocycles. The Kier molecular flexibility index (Phi) is 6.07. The molecule has 1 heterocycles. The fourth-order valence-corrected chi connectivity index (χ4v) is 1.89. The second-order valence-electron chi connectivity index (χ2n) is 3.06. The van der Waals surface area contributed by atoms with Gasteiger partial charge in [0.05, 0.1) is 0 Å². The Hall–Kier alpha value is -0.190. The van der Waals surface area contributed by atoms with Crippen LogP contribution in [0.25, 0.3) is 0 Å². The number of halogens is 1. The van der Waals surface area contributed by atoms with Crippen LogP contribution >= 0.6 is 22.9 Å². The molecule has 0 atom stereocenters. The van der Waals surface area contributed by atoms with E-state index in [9.17, 15) is 0 Å². The molecular formula is C9H15ClN2OS. The number of rotatable bonds is 7. The number of aromatic nitrogens is 2. The first kappa shape index (κ1) is 11.9. The zero-order valence-corrected chi connectivity index (χ0v) is 9.90. The predicted octanol–water partition coefficient (Wildman–Crippen LogP) is 3.29. The van der Waals surface area contributed by atoms with Crippen molar-refractivity contribution in [1.29, 1.82) is 0 Å². The Morgan fingerprint density at radius 2 is 2.14 bits per heavy atom. The lowest BCUT2D eigenvalue weighted by molar-refractivity contribution is 0.116. The van der Waals surface area contributed by atoms with Crippen LogP contribution in [-0.4, -0.2) is 16.8 Å². The van der Waals surface area contributed by atoms with E-state index < -0.39 is 0 Å². The zero-order chi connectivity index (χ0) is 10.2. The van der Waals surface area contributed by atoms with Crippen molar-refractivity contribution >= 4 is 22.9 Å². The van der Waals surface area contributed by atoms with E-state index in [4.69, 9.17) is 16.3 Å². The van der Waals surface area contributed by atoms with Crippen LogP contribution in [0.5, 0.6) is 0 Å². The molecule has 0 amide bonds. The molecule has 0 aliphatic heterocycles. The molecule has 0 bridgehead atoms. The molecule has 1 rings (SSSR count). The van der Waals surface area contributed by atoms with Crippen LogP contribution < -0.4 is 0 Å². The monoisotopic (exact) mass is 234 g/mol. The molecule has 0 aliphatic rings. The second-order valence-corrected chi connectivity index (χ2v) is 4.71. The molecule has 0 aliphatic carbocycles. The number of nitrogens with zero attached hydrogens (tertiary/aromatic N) is 2. The van der Waals surface area contributed by atoms with Crippen LogP contribution in [0.2, 0.25) is 4.47 Å². The van der Waals surface area contributed by atoms with Gasteiger partial charge in [-0.15, -0.1) is 10.2 Å². The molecule has 5 heteroatoms. The fraction of sp³-hybridized carbons (Fsp3) is 0.778. The topological polar surface area (TPSA) is 35.0 Å². The van der Waals surface area contributed by atoms with Crippen LogP contribution in [0, 0.1) is 0 Å². The van der Waals surface area contributed by atoms with Crippen LogP contribution in [0.4, 0.5) is 0 Å². The standard InChI is InChI=1S/C9H15ClN2OS/c1-2-3-4-5-6-13-7-8-11-12-9(10)14-8/h2-7H2,1H3. The minimum Gasteiger partial charge on any atom is -0.374 e. The first-order valence-electron chi connectivity index (χ1n) is 4.88. The van der Waals surface area contributed by atoms with E-state index in [1.54, 1.807) is 0 Å². The largest absolute Gasteiger partial charge is 0.374 e. The molecule has 1 aromatic heterocycles. The van der Waals surface area contributed by atoms with Gasteiger partial charge in [-0.2, -0.15) is 0 Å². The summed E-state index contributed by atoms with van der Waals surface area (Å²) in [5.41, 5.74) is 0. The van der Waals surface area contributed by atoms with Crippen molar-refractivity contribution in [2.75, 3.05) is 6.61 Å². The number of hydrogen-bond acceptors (Lipinski definition) is 4. The number of hydrogen-bond donors (Lipinski definition) is 0. The molecule has 0 saturated heterocycles. The van der Waals surface area contributed by atoms with Gasteiger partial charge in [-0.05, 0) is 18.0 Å². The lowest BCUT2D eigenvalue weighted by atomic mass is 10.2. The molecular weight excluding hydrogens is 220 g/mol. The summed E-state index contributed by atoms with van der Waals surface area (Å²) >= 11 is 7.01. The van der Waals surface area contributed by atoms with E-state index in [1.165, 1.54) is 30.6 Å². The van der Waals surface area contributed by atoms with Crippen molar-refractivity contribution in [2.45, 2.75) is 39.2 Å². The van der Waals surface area contributed by atoms with E-state index in [0.717, 1.165) is 18.0 Å². The Bertz CT molecular complexity index is 255.